The van der Waals surface area contributed by atoms with Gasteiger partial charge < -0.3 is 19.8 Å². The number of rotatable bonds is 8. The number of ether oxygens (including phenoxy) is 1. The summed E-state index contributed by atoms with van der Waals surface area (Å²) in [7, 11) is 0. The Bertz CT molecular complexity index is 565. The van der Waals surface area contributed by atoms with E-state index in [1.807, 2.05) is 25.1 Å². The minimum absolute atomic E-state index is 0. The van der Waals surface area contributed by atoms with Crippen LogP contribution in [0.3, 0.4) is 0 Å². The van der Waals surface area contributed by atoms with Crippen molar-refractivity contribution in [2.75, 3.05) is 32.8 Å². The number of nitrogens with one attached hydrogen (secondary N) is 2. The summed E-state index contributed by atoms with van der Waals surface area (Å²) in [6, 6.07) is 10.2. The topological polar surface area (TPSA) is 58.8 Å². The predicted octanol–water partition coefficient (Wildman–Crippen LogP) is 3.18. The highest BCUT2D eigenvalue weighted by Crippen LogP contribution is 2.18. The third kappa shape index (κ3) is 6.78. The number of halogens is 1. The lowest BCUT2D eigenvalue weighted by Gasteiger charge is -2.10. The third-order valence-electron chi connectivity index (χ3n) is 3.19. The van der Waals surface area contributed by atoms with Gasteiger partial charge in [-0.25, -0.2) is 0 Å². The molecule has 0 aliphatic carbocycles. The Morgan fingerprint density at radius 3 is 2.78 bits per heavy atom. The summed E-state index contributed by atoms with van der Waals surface area (Å²) in [6.07, 6.45) is 0.824. The van der Waals surface area contributed by atoms with Crippen LogP contribution >= 0.6 is 24.0 Å². The molecule has 1 heterocycles. The maximum atomic E-state index is 5.80. The van der Waals surface area contributed by atoms with E-state index in [4.69, 9.17) is 9.15 Å². The van der Waals surface area contributed by atoms with Gasteiger partial charge >= 0.3 is 0 Å². The highest BCUT2D eigenvalue weighted by molar-refractivity contribution is 14.0. The van der Waals surface area contributed by atoms with Gasteiger partial charge in [0, 0.05) is 31.5 Å². The highest BCUT2D eigenvalue weighted by atomic mass is 127. The smallest absolute Gasteiger partial charge is 0.191 e. The molecule has 2 aromatic rings. The Morgan fingerprint density at radius 1 is 1.22 bits per heavy atom. The van der Waals surface area contributed by atoms with E-state index in [9.17, 15) is 0 Å². The summed E-state index contributed by atoms with van der Waals surface area (Å²) in [6.45, 7) is 7.70. The van der Waals surface area contributed by atoms with Crippen molar-refractivity contribution in [2.24, 2.45) is 4.99 Å². The van der Waals surface area contributed by atoms with Crippen molar-refractivity contribution >= 4 is 40.9 Å². The van der Waals surface area contributed by atoms with E-state index >= 15 is 0 Å². The average molecular weight is 431 g/mol. The molecular weight excluding hydrogens is 405 g/mol. The number of hydrogen-bond donors (Lipinski definition) is 2. The van der Waals surface area contributed by atoms with Crippen LogP contribution in [0, 0.1) is 0 Å². The monoisotopic (exact) mass is 431 g/mol. The minimum atomic E-state index is 0. The fraction of sp³-hybridized carbons (Fsp3) is 0.471. The quantitative estimate of drug-likeness (QED) is 0.292. The molecule has 2 N–H and O–H groups in total. The number of aliphatic imine (C=N–C) groups is 1. The maximum Gasteiger partial charge on any atom is 0.191 e. The van der Waals surface area contributed by atoms with Gasteiger partial charge in [0.15, 0.2) is 5.96 Å². The van der Waals surface area contributed by atoms with Crippen LogP contribution in [0.5, 0.6) is 0 Å². The Hall–Kier alpha value is -1.28. The fourth-order valence-electron chi connectivity index (χ4n) is 2.17. The summed E-state index contributed by atoms with van der Waals surface area (Å²) in [4.78, 5) is 4.46. The van der Waals surface area contributed by atoms with Crippen LogP contribution in [-0.4, -0.2) is 38.8 Å². The second-order valence-electron chi connectivity index (χ2n) is 4.88. The van der Waals surface area contributed by atoms with E-state index in [1.54, 1.807) is 0 Å². The molecule has 0 radical (unpaired) electrons. The molecule has 0 fully saturated rings. The van der Waals surface area contributed by atoms with Crippen LogP contribution in [0.15, 0.2) is 39.7 Å². The zero-order chi connectivity index (χ0) is 15.6. The molecule has 0 amide bonds. The first-order chi connectivity index (χ1) is 10.8. The molecule has 0 aliphatic rings. The number of guanidine groups is 1. The van der Waals surface area contributed by atoms with E-state index in [2.05, 4.69) is 34.7 Å². The molecule has 5 nitrogen and oxygen atoms in total. The molecule has 0 aliphatic heterocycles. The Labute approximate surface area is 154 Å². The van der Waals surface area contributed by atoms with Gasteiger partial charge in [0.2, 0.25) is 0 Å². The average Bonchev–Trinajstić information content (AvgIpc) is 2.94. The normalized spacial score (nSPS) is 11.3. The fourth-order valence-corrected chi connectivity index (χ4v) is 2.17. The van der Waals surface area contributed by atoms with Crippen molar-refractivity contribution in [1.29, 1.82) is 0 Å². The first-order valence-electron chi connectivity index (χ1n) is 7.91. The minimum Gasteiger partial charge on any atom is -0.461 e. The summed E-state index contributed by atoms with van der Waals surface area (Å²) >= 11 is 0. The van der Waals surface area contributed by atoms with E-state index in [-0.39, 0.29) is 24.0 Å². The SMILES string of the molecule is CCNC(=NCCOCC)NCCc1cc2ccccc2o1.I. The molecule has 0 saturated carbocycles. The van der Waals surface area contributed by atoms with Crippen LogP contribution in [0.1, 0.15) is 19.6 Å². The number of hydrogen-bond acceptors (Lipinski definition) is 3. The zero-order valence-corrected chi connectivity index (χ0v) is 16.1. The molecule has 23 heavy (non-hydrogen) atoms. The molecule has 2 rings (SSSR count). The van der Waals surface area contributed by atoms with Crippen molar-refractivity contribution in [2.45, 2.75) is 20.3 Å². The lowest BCUT2D eigenvalue weighted by atomic mass is 10.2. The molecule has 0 spiro atoms. The van der Waals surface area contributed by atoms with Gasteiger partial charge in [-0.3, -0.25) is 4.99 Å². The molecule has 0 saturated heterocycles. The molecular formula is C17H26IN3O2. The van der Waals surface area contributed by atoms with E-state index in [0.29, 0.717) is 13.2 Å². The molecule has 128 valence electrons. The van der Waals surface area contributed by atoms with Gasteiger partial charge in [-0.15, -0.1) is 24.0 Å². The Morgan fingerprint density at radius 2 is 2.04 bits per heavy atom. The van der Waals surface area contributed by atoms with Crippen molar-refractivity contribution in [3.8, 4) is 0 Å². The summed E-state index contributed by atoms with van der Waals surface area (Å²) in [5.41, 5.74) is 0.940. The predicted molar refractivity (Wildman–Crippen MR) is 106 cm³/mol. The number of nitrogens with zero attached hydrogens (tertiary/aromatic N) is 1. The van der Waals surface area contributed by atoms with Crippen molar-refractivity contribution < 1.29 is 9.15 Å². The highest BCUT2D eigenvalue weighted by Gasteiger charge is 2.03. The van der Waals surface area contributed by atoms with E-state index in [1.165, 1.54) is 0 Å². The third-order valence-corrected chi connectivity index (χ3v) is 3.19. The lowest BCUT2D eigenvalue weighted by molar-refractivity contribution is 0.155. The first-order valence-corrected chi connectivity index (χ1v) is 7.91. The molecule has 0 unspecified atom stereocenters. The summed E-state index contributed by atoms with van der Waals surface area (Å²) < 4.78 is 11.1. The molecule has 6 heteroatoms. The van der Waals surface area contributed by atoms with Crippen LogP contribution in [-0.2, 0) is 11.2 Å². The first kappa shape index (κ1) is 19.8. The molecule has 0 bridgehead atoms. The number of furan rings is 1. The number of fused-ring (bicyclic) bond motifs is 1. The zero-order valence-electron chi connectivity index (χ0n) is 13.8. The van der Waals surface area contributed by atoms with Gasteiger partial charge in [0.25, 0.3) is 0 Å². The lowest BCUT2D eigenvalue weighted by Crippen LogP contribution is -2.38. The number of para-hydroxylation sites is 1. The van der Waals surface area contributed by atoms with Crippen molar-refractivity contribution in [3.63, 3.8) is 0 Å². The van der Waals surface area contributed by atoms with Crippen molar-refractivity contribution in [1.82, 2.24) is 10.6 Å². The summed E-state index contributed by atoms with van der Waals surface area (Å²) in [5.74, 6) is 1.80. The Kier molecular flexibility index (Phi) is 9.70. The molecule has 1 aromatic carbocycles. The molecule has 1 aromatic heterocycles. The van der Waals surface area contributed by atoms with Crippen LogP contribution in [0.2, 0.25) is 0 Å². The van der Waals surface area contributed by atoms with Crippen molar-refractivity contribution in [3.05, 3.63) is 36.1 Å². The van der Waals surface area contributed by atoms with Gasteiger partial charge in [-0.2, -0.15) is 0 Å². The van der Waals surface area contributed by atoms with Gasteiger partial charge in [-0.1, -0.05) is 18.2 Å². The van der Waals surface area contributed by atoms with E-state index in [0.717, 1.165) is 48.8 Å². The summed E-state index contributed by atoms with van der Waals surface area (Å²) in [5, 5.41) is 7.69. The largest absolute Gasteiger partial charge is 0.461 e. The second-order valence-corrected chi connectivity index (χ2v) is 4.88. The van der Waals surface area contributed by atoms with Gasteiger partial charge in [0.1, 0.15) is 11.3 Å². The van der Waals surface area contributed by atoms with Crippen LogP contribution < -0.4 is 10.6 Å². The van der Waals surface area contributed by atoms with Crippen LogP contribution in [0.4, 0.5) is 0 Å². The standard InChI is InChI=1S/C17H25N3O2.HI/c1-3-18-17(20-11-12-21-4-2)19-10-9-15-13-14-7-5-6-8-16(14)22-15;/h5-8,13H,3-4,9-12H2,1-2H3,(H2,18,19,20);1H. The van der Waals surface area contributed by atoms with Gasteiger partial charge in [-0.05, 0) is 26.0 Å². The second kappa shape index (κ2) is 11.3. The Balaban J connectivity index is 0.00000264. The van der Waals surface area contributed by atoms with E-state index < -0.39 is 0 Å². The molecule has 0 atom stereocenters. The van der Waals surface area contributed by atoms with Crippen LogP contribution in [0.25, 0.3) is 11.0 Å². The van der Waals surface area contributed by atoms with Gasteiger partial charge in [0.05, 0.1) is 13.2 Å². The number of benzene rings is 1. The maximum absolute atomic E-state index is 5.80.